The Kier molecular flexibility index (Phi) is 7.44. The monoisotopic (exact) mass is 393 g/mol. The van der Waals surface area contributed by atoms with Gasteiger partial charge in [-0.1, -0.05) is 41.4 Å². The number of ether oxygens (including phenoxy) is 1. The molecule has 2 amide bonds. The molecule has 136 valence electrons. The molecule has 2 rings (SSSR count). The molecule has 0 fully saturated rings. The van der Waals surface area contributed by atoms with Gasteiger partial charge in [-0.3, -0.25) is 9.59 Å². The number of benzene rings is 2. The lowest BCUT2D eigenvalue weighted by Gasteiger charge is -2.09. The molecule has 0 heterocycles. The molecule has 8 heteroatoms. The second-order valence-corrected chi connectivity index (χ2v) is 6.05. The number of hydrogen-bond donors (Lipinski definition) is 2. The molecular weight excluding hydrogens is 377 g/mol. The standard InChI is InChI=1S/C18H17Cl2N3O3/c1-26-16-5-3-2-4-15(16)22-17(24)8-9-18(25)23-21-11-12-6-7-13(19)10-14(12)20/h2-7,10-11H,8-9H2,1H3,(H,22,24)(H,23,25)/b21-11-. The van der Waals surface area contributed by atoms with Crippen molar-refractivity contribution in [3.8, 4) is 5.75 Å². The number of amides is 2. The first-order valence-corrected chi connectivity index (χ1v) is 8.45. The summed E-state index contributed by atoms with van der Waals surface area (Å²) in [4.78, 5) is 23.7. The molecule has 0 atom stereocenters. The van der Waals surface area contributed by atoms with Crippen LogP contribution in [0.2, 0.25) is 10.0 Å². The van der Waals surface area contributed by atoms with Gasteiger partial charge in [-0.25, -0.2) is 5.43 Å². The van der Waals surface area contributed by atoms with Crippen LogP contribution in [0.3, 0.4) is 0 Å². The number of nitrogens with one attached hydrogen (secondary N) is 2. The third-order valence-corrected chi connectivity index (χ3v) is 3.88. The van der Waals surface area contributed by atoms with Gasteiger partial charge in [0.2, 0.25) is 11.8 Å². The fraction of sp³-hybridized carbons (Fsp3) is 0.167. The van der Waals surface area contributed by atoms with Crippen LogP contribution >= 0.6 is 23.2 Å². The zero-order valence-electron chi connectivity index (χ0n) is 14.0. The van der Waals surface area contributed by atoms with Gasteiger partial charge in [0.1, 0.15) is 5.75 Å². The van der Waals surface area contributed by atoms with E-state index in [-0.39, 0.29) is 24.7 Å². The zero-order chi connectivity index (χ0) is 18.9. The van der Waals surface area contributed by atoms with Gasteiger partial charge >= 0.3 is 0 Å². The normalized spacial score (nSPS) is 10.6. The third-order valence-electron chi connectivity index (χ3n) is 3.32. The fourth-order valence-electron chi connectivity index (χ4n) is 2.02. The molecular formula is C18H17Cl2N3O3. The van der Waals surface area contributed by atoms with Gasteiger partial charge in [0.15, 0.2) is 0 Å². The summed E-state index contributed by atoms with van der Waals surface area (Å²) in [5, 5.41) is 7.45. The van der Waals surface area contributed by atoms with Gasteiger partial charge in [0.05, 0.1) is 24.0 Å². The Hall–Kier alpha value is -2.57. The first-order chi connectivity index (χ1) is 12.5. The lowest BCUT2D eigenvalue weighted by molar-refractivity contribution is -0.124. The van der Waals surface area contributed by atoms with Gasteiger partial charge in [0, 0.05) is 23.4 Å². The van der Waals surface area contributed by atoms with E-state index in [4.69, 9.17) is 27.9 Å². The maximum atomic E-state index is 11.9. The highest BCUT2D eigenvalue weighted by Crippen LogP contribution is 2.23. The molecule has 0 aliphatic heterocycles. The van der Waals surface area contributed by atoms with Crippen molar-refractivity contribution in [1.82, 2.24) is 5.43 Å². The van der Waals surface area contributed by atoms with Gasteiger partial charge < -0.3 is 10.1 Å². The number of carbonyl (C=O) groups is 2. The van der Waals surface area contributed by atoms with E-state index in [1.165, 1.54) is 13.3 Å². The number of anilines is 1. The highest BCUT2D eigenvalue weighted by atomic mass is 35.5. The molecule has 0 radical (unpaired) electrons. The Bertz CT molecular complexity index is 825. The predicted molar refractivity (Wildman–Crippen MR) is 103 cm³/mol. The Balaban J connectivity index is 1.79. The van der Waals surface area contributed by atoms with Crippen LogP contribution < -0.4 is 15.5 Å². The zero-order valence-corrected chi connectivity index (χ0v) is 15.5. The fourth-order valence-corrected chi connectivity index (χ4v) is 2.48. The summed E-state index contributed by atoms with van der Waals surface area (Å²) in [7, 11) is 1.52. The molecule has 0 saturated carbocycles. The van der Waals surface area contributed by atoms with Crippen LogP contribution in [0, 0.1) is 0 Å². The number of carbonyl (C=O) groups excluding carboxylic acids is 2. The van der Waals surface area contributed by atoms with Crippen molar-refractivity contribution < 1.29 is 14.3 Å². The number of para-hydroxylation sites is 2. The summed E-state index contributed by atoms with van der Waals surface area (Å²) in [5.41, 5.74) is 3.52. The lowest BCUT2D eigenvalue weighted by atomic mass is 10.2. The molecule has 6 nitrogen and oxygen atoms in total. The first-order valence-electron chi connectivity index (χ1n) is 7.69. The summed E-state index contributed by atoms with van der Waals surface area (Å²) in [6.07, 6.45) is 1.42. The molecule has 0 saturated heterocycles. The number of rotatable bonds is 7. The van der Waals surface area contributed by atoms with Crippen molar-refractivity contribution in [2.24, 2.45) is 5.10 Å². The summed E-state index contributed by atoms with van der Waals surface area (Å²) >= 11 is 11.8. The predicted octanol–water partition coefficient (Wildman–Crippen LogP) is 3.87. The largest absolute Gasteiger partial charge is 0.495 e. The maximum absolute atomic E-state index is 11.9. The van der Waals surface area contributed by atoms with Crippen LogP contribution in [0.25, 0.3) is 0 Å². The highest BCUT2D eigenvalue weighted by Gasteiger charge is 2.09. The molecule has 2 aromatic carbocycles. The van der Waals surface area contributed by atoms with E-state index in [9.17, 15) is 9.59 Å². The van der Waals surface area contributed by atoms with E-state index < -0.39 is 0 Å². The number of halogens is 2. The van der Waals surface area contributed by atoms with Gasteiger partial charge in [-0.2, -0.15) is 5.10 Å². The molecule has 0 bridgehead atoms. The topological polar surface area (TPSA) is 79.8 Å². The van der Waals surface area contributed by atoms with Gasteiger partial charge in [-0.05, 0) is 24.3 Å². The van der Waals surface area contributed by atoms with Crippen molar-refractivity contribution in [3.05, 3.63) is 58.1 Å². The minimum absolute atomic E-state index is 0.00727. The molecule has 2 N–H and O–H groups in total. The second-order valence-electron chi connectivity index (χ2n) is 5.21. The van der Waals surface area contributed by atoms with Crippen molar-refractivity contribution in [2.75, 3.05) is 12.4 Å². The highest BCUT2D eigenvalue weighted by molar-refractivity contribution is 6.36. The number of nitrogens with zero attached hydrogens (tertiary/aromatic N) is 1. The average Bonchev–Trinajstić information content (AvgIpc) is 2.62. The van der Waals surface area contributed by atoms with Crippen LogP contribution in [-0.2, 0) is 9.59 Å². The van der Waals surface area contributed by atoms with Crippen molar-refractivity contribution in [1.29, 1.82) is 0 Å². The smallest absolute Gasteiger partial charge is 0.240 e. The van der Waals surface area contributed by atoms with Crippen LogP contribution in [0.4, 0.5) is 5.69 Å². The summed E-state index contributed by atoms with van der Waals surface area (Å²) in [5.74, 6) is -0.134. The summed E-state index contributed by atoms with van der Waals surface area (Å²) in [6.45, 7) is 0. The lowest BCUT2D eigenvalue weighted by Crippen LogP contribution is -2.20. The van der Waals surface area contributed by atoms with E-state index in [1.807, 2.05) is 0 Å². The molecule has 0 aromatic heterocycles. The minimum atomic E-state index is -0.387. The molecule has 2 aromatic rings. The van der Waals surface area contributed by atoms with Crippen LogP contribution in [-0.4, -0.2) is 25.1 Å². The van der Waals surface area contributed by atoms with E-state index in [2.05, 4.69) is 15.8 Å². The minimum Gasteiger partial charge on any atom is -0.495 e. The van der Waals surface area contributed by atoms with Crippen molar-refractivity contribution in [2.45, 2.75) is 12.8 Å². The first kappa shape index (κ1) is 19.8. The van der Waals surface area contributed by atoms with Gasteiger partial charge in [0.25, 0.3) is 0 Å². The number of methoxy groups -OCH3 is 1. The van der Waals surface area contributed by atoms with Crippen LogP contribution in [0.5, 0.6) is 5.75 Å². The van der Waals surface area contributed by atoms with E-state index in [1.54, 1.807) is 42.5 Å². The van der Waals surface area contributed by atoms with E-state index >= 15 is 0 Å². The SMILES string of the molecule is COc1ccccc1NC(=O)CCC(=O)N/N=C\c1ccc(Cl)cc1Cl. The van der Waals surface area contributed by atoms with E-state index in [0.29, 0.717) is 27.0 Å². The maximum Gasteiger partial charge on any atom is 0.240 e. The average molecular weight is 394 g/mol. The Morgan fingerprint density at radius 1 is 1.12 bits per heavy atom. The Morgan fingerprint density at radius 2 is 1.85 bits per heavy atom. The Labute approximate surface area is 161 Å². The Morgan fingerprint density at radius 3 is 2.58 bits per heavy atom. The van der Waals surface area contributed by atoms with Crippen LogP contribution in [0.1, 0.15) is 18.4 Å². The molecule has 0 aliphatic rings. The molecule has 0 unspecified atom stereocenters. The van der Waals surface area contributed by atoms with Crippen molar-refractivity contribution in [3.63, 3.8) is 0 Å². The second kappa shape index (κ2) is 9.79. The third kappa shape index (κ3) is 6.06. The number of hydrazone groups is 1. The molecule has 0 aliphatic carbocycles. The number of hydrogen-bond acceptors (Lipinski definition) is 4. The molecule has 26 heavy (non-hydrogen) atoms. The van der Waals surface area contributed by atoms with Crippen molar-refractivity contribution >= 4 is 46.9 Å². The van der Waals surface area contributed by atoms with E-state index in [0.717, 1.165) is 0 Å². The quantitative estimate of drug-likeness (QED) is 0.553. The van der Waals surface area contributed by atoms with Crippen LogP contribution in [0.15, 0.2) is 47.6 Å². The van der Waals surface area contributed by atoms with Gasteiger partial charge in [-0.15, -0.1) is 0 Å². The summed E-state index contributed by atoms with van der Waals surface area (Å²) < 4.78 is 5.15. The summed E-state index contributed by atoms with van der Waals surface area (Å²) in [6, 6.07) is 12.0. The molecule has 0 spiro atoms.